The minimum atomic E-state index is -0.772. The van der Waals surface area contributed by atoms with Gasteiger partial charge in [-0.15, -0.1) is 0 Å². The van der Waals surface area contributed by atoms with Crippen LogP contribution < -0.4 is 0 Å². The van der Waals surface area contributed by atoms with Gasteiger partial charge < -0.3 is 0 Å². The standard InChI is InChI=1S/C12H14N2O4S/c15-12(9-13-4-6-19(18)7-5-13)10-2-1-3-11(8-10)14(16)17/h1-3,8H,4-7,9H2. The molecule has 1 aromatic rings. The predicted octanol–water partition coefficient (Wildman–Crippen LogP) is 0.842. The summed E-state index contributed by atoms with van der Waals surface area (Å²) in [6.07, 6.45) is 0. The van der Waals surface area contributed by atoms with Crippen molar-refractivity contribution in [3.05, 3.63) is 39.9 Å². The summed E-state index contributed by atoms with van der Waals surface area (Å²) in [6, 6.07) is 5.75. The minimum Gasteiger partial charge on any atom is -0.294 e. The summed E-state index contributed by atoms with van der Waals surface area (Å²) >= 11 is 0. The van der Waals surface area contributed by atoms with E-state index in [9.17, 15) is 19.1 Å². The van der Waals surface area contributed by atoms with Gasteiger partial charge in [0.05, 0.1) is 11.5 Å². The Kier molecular flexibility index (Phi) is 4.39. The van der Waals surface area contributed by atoms with Gasteiger partial charge in [-0.05, 0) is 0 Å². The third-order valence-electron chi connectivity index (χ3n) is 3.02. The highest BCUT2D eigenvalue weighted by atomic mass is 32.2. The molecular formula is C12H14N2O4S. The summed E-state index contributed by atoms with van der Waals surface area (Å²) in [5, 5.41) is 10.7. The third-order valence-corrected chi connectivity index (χ3v) is 4.29. The number of carbonyl (C=O) groups is 1. The monoisotopic (exact) mass is 282 g/mol. The molecule has 0 N–H and O–H groups in total. The fourth-order valence-electron chi connectivity index (χ4n) is 1.92. The number of ketones is 1. The Bertz CT molecular complexity index is 522. The van der Waals surface area contributed by atoms with E-state index in [0.717, 1.165) is 0 Å². The molecule has 102 valence electrons. The lowest BCUT2D eigenvalue weighted by atomic mass is 10.1. The molecule has 7 heteroatoms. The molecule has 0 aliphatic carbocycles. The molecule has 0 atom stereocenters. The topological polar surface area (TPSA) is 80.5 Å². The SMILES string of the molecule is O=C(CN1CCS(=O)CC1)c1cccc([N+](=O)[O-])c1. The first-order valence-electron chi connectivity index (χ1n) is 5.91. The second-order valence-electron chi connectivity index (χ2n) is 4.35. The van der Waals surface area contributed by atoms with Crippen molar-refractivity contribution < 1.29 is 13.9 Å². The van der Waals surface area contributed by atoms with Gasteiger partial charge in [-0.3, -0.25) is 24.0 Å². The molecule has 1 heterocycles. The number of Topliss-reactive ketones (excluding diaryl/α,β-unsaturated/α-hetero) is 1. The third kappa shape index (κ3) is 3.68. The Labute approximate surface area is 113 Å². The number of non-ortho nitro benzene ring substituents is 1. The fraction of sp³-hybridized carbons (Fsp3) is 0.417. The van der Waals surface area contributed by atoms with Crippen LogP contribution in [0.4, 0.5) is 5.69 Å². The fourth-order valence-corrected chi connectivity index (χ4v) is 3.05. The summed E-state index contributed by atoms with van der Waals surface area (Å²) in [5.41, 5.74) is 0.270. The van der Waals surface area contributed by atoms with Crippen LogP contribution in [-0.2, 0) is 10.8 Å². The first-order chi connectivity index (χ1) is 9.06. The predicted molar refractivity (Wildman–Crippen MR) is 71.7 cm³/mol. The highest BCUT2D eigenvalue weighted by Crippen LogP contribution is 2.14. The average molecular weight is 282 g/mol. The van der Waals surface area contributed by atoms with E-state index in [1.54, 1.807) is 6.07 Å². The minimum absolute atomic E-state index is 0.0782. The van der Waals surface area contributed by atoms with Gasteiger partial charge in [0.1, 0.15) is 0 Å². The van der Waals surface area contributed by atoms with Crippen molar-refractivity contribution in [1.29, 1.82) is 0 Å². The van der Waals surface area contributed by atoms with Crippen molar-refractivity contribution in [3.8, 4) is 0 Å². The highest BCUT2D eigenvalue weighted by Gasteiger charge is 2.19. The lowest BCUT2D eigenvalue weighted by molar-refractivity contribution is -0.384. The summed E-state index contributed by atoms with van der Waals surface area (Å²) in [6.45, 7) is 1.49. The Morgan fingerprint density at radius 3 is 2.68 bits per heavy atom. The van der Waals surface area contributed by atoms with E-state index >= 15 is 0 Å². The van der Waals surface area contributed by atoms with Gasteiger partial charge in [0.2, 0.25) is 0 Å². The van der Waals surface area contributed by atoms with E-state index < -0.39 is 15.7 Å². The zero-order valence-electron chi connectivity index (χ0n) is 10.3. The van der Waals surface area contributed by atoms with Crippen molar-refractivity contribution >= 4 is 22.3 Å². The molecule has 0 radical (unpaired) electrons. The molecule has 19 heavy (non-hydrogen) atoms. The zero-order chi connectivity index (χ0) is 13.8. The second kappa shape index (κ2) is 6.03. The number of nitro groups is 1. The highest BCUT2D eigenvalue weighted by molar-refractivity contribution is 7.85. The lowest BCUT2D eigenvalue weighted by Crippen LogP contribution is -2.40. The van der Waals surface area contributed by atoms with E-state index in [-0.39, 0.29) is 18.0 Å². The Balaban J connectivity index is 2.01. The van der Waals surface area contributed by atoms with Crippen LogP contribution in [-0.4, -0.2) is 51.0 Å². The molecule has 0 unspecified atom stereocenters. The van der Waals surface area contributed by atoms with E-state index in [1.165, 1.54) is 18.2 Å². The molecular weight excluding hydrogens is 268 g/mol. The van der Waals surface area contributed by atoms with Crippen LogP contribution in [0.1, 0.15) is 10.4 Å². The number of hydrogen-bond donors (Lipinski definition) is 0. The van der Waals surface area contributed by atoms with Crippen LogP contribution >= 0.6 is 0 Å². The van der Waals surface area contributed by atoms with Crippen LogP contribution in [0, 0.1) is 10.1 Å². The van der Waals surface area contributed by atoms with Gasteiger partial charge >= 0.3 is 0 Å². The number of hydrogen-bond acceptors (Lipinski definition) is 5. The summed E-state index contributed by atoms with van der Waals surface area (Å²) in [4.78, 5) is 24.1. The Morgan fingerprint density at radius 1 is 1.37 bits per heavy atom. The molecule has 0 aromatic heterocycles. The maximum Gasteiger partial charge on any atom is 0.270 e. The lowest BCUT2D eigenvalue weighted by Gasteiger charge is -2.25. The van der Waals surface area contributed by atoms with E-state index in [1.807, 2.05) is 4.90 Å². The normalized spacial score (nSPS) is 17.3. The number of rotatable bonds is 4. The Morgan fingerprint density at radius 2 is 2.05 bits per heavy atom. The van der Waals surface area contributed by atoms with Crippen LogP contribution in [0.5, 0.6) is 0 Å². The first-order valence-corrected chi connectivity index (χ1v) is 7.40. The number of nitrogens with zero attached hydrogens (tertiary/aromatic N) is 2. The molecule has 0 spiro atoms. The van der Waals surface area contributed by atoms with Crippen molar-refractivity contribution in [2.75, 3.05) is 31.1 Å². The largest absolute Gasteiger partial charge is 0.294 e. The maximum atomic E-state index is 12.0. The van der Waals surface area contributed by atoms with E-state index in [2.05, 4.69) is 0 Å². The molecule has 2 rings (SSSR count). The number of benzene rings is 1. The molecule has 1 aliphatic rings. The van der Waals surface area contributed by atoms with Gasteiger partial charge in [0.25, 0.3) is 5.69 Å². The molecule has 6 nitrogen and oxygen atoms in total. The molecule has 1 aliphatic heterocycles. The van der Waals surface area contributed by atoms with Crippen LogP contribution in [0.25, 0.3) is 0 Å². The van der Waals surface area contributed by atoms with Crippen molar-refractivity contribution in [2.45, 2.75) is 0 Å². The van der Waals surface area contributed by atoms with Gasteiger partial charge in [-0.1, -0.05) is 12.1 Å². The summed E-state index contributed by atoms with van der Waals surface area (Å²) in [5.74, 6) is 1.03. The molecule has 1 saturated heterocycles. The van der Waals surface area contributed by atoms with E-state index in [0.29, 0.717) is 30.2 Å². The van der Waals surface area contributed by atoms with Crippen molar-refractivity contribution in [2.24, 2.45) is 0 Å². The van der Waals surface area contributed by atoms with Crippen LogP contribution in [0.2, 0.25) is 0 Å². The smallest absolute Gasteiger partial charge is 0.270 e. The number of nitro benzene ring substituents is 1. The van der Waals surface area contributed by atoms with Crippen molar-refractivity contribution in [3.63, 3.8) is 0 Å². The molecule has 0 saturated carbocycles. The maximum absolute atomic E-state index is 12.0. The van der Waals surface area contributed by atoms with Gasteiger partial charge in [-0.25, -0.2) is 0 Å². The average Bonchev–Trinajstić information content (AvgIpc) is 2.41. The van der Waals surface area contributed by atoms with E-state index in [4.69, 9.17) is 0 Å². The molecule has 0 amide bonds. The Hall–Kier alpha value is -1.60. The molecule has 0 bridgehead atoms. The summed E-state index contributed by atoms with van der Waals surface area (Å²) in [7, 11) is -0.772. The van der Waals surface area contributed by atoms with Crippen LogP contribution in [0.3, 0.4) is 0 Å². The van der Waals surface area contributed by atoms with Gasteiger partial charge in [0.15, 0.2) is 5.78 Å². The van der Waals surface area contributed by atoms with Gasteiger partial charge in [-0.2, -0.15) is 0 Å². The molecule has 1 aromatic carbocycles. The van der Waals surface area contributed by atoms with Crippen LogP contribution in [0.15, 0.2) is 24.3 Å². The summed E-state index contributed by atoms with van der Waals surface area (Å²) < 4.78 is 11.2. The molecule has 1 fully saturated rings. The second-order valence-corrected chi connectivity index (χ2v) is 6.05. The number of carbonyl (C=O) groups excluding carboxylic acids is 1. The van der Waals surface area contributed by atoms with Crippen molar-refractivity contribution in [1.82, 2.24) is 4.90 Å². The first kappa shape index (κ1) is 13.8. The van der Waals surface area contributed by atoms with Gasteiger partial charge in [0, 0.05) is 53.1 Å². The zero-order valence-corrected chi connectivity index (χ0v) is 11.1. The quantitative estimate of drug-likeness (QED) is 0.464.